The fraction of sp³-hybridized carbons (Fsp3) is 1.00. The van der Waals surface area contributed by atoms with Gasteiger partial charge in [-0.25, -0.2) is 0 Å². The van der Waals surface area contributed by atoms with E-state index in [1.54, 1.807) is 7.11 Å². The van der Waals surface area contributed by atoms with E-state index in [1.165, 1.54) is 0 Å². The second kappa shape index (κ2) is 4.98. The molecular weight excluding hydrogens is 100 g/mol. The minimum atomic E-state index is 0.551. The zero-order valence-corrected chi connectivity index (χ0v) is 4.46. The zero-order valence-electron chi connectivity index (χ0n) is 3.64. The topological polar surface area (TPSA) is 26.3 Å². The van der Waals surface area contributed by atoms with Crippen LogP contribution in [0.15, 0.2) is 0 Å². The van der Waals surface area contributed by atoms with Crippen molar-refractivity contribution in [3.63, 3.8) is 0 Å². The number of ether oxygens (including phenoxy) is 1. The molecule has 0 N–H and O–H groups in total. The van der Waals surface area contributed by atoms with Gasteiger partial charge in [-0.1, -0.05) is 0 Å². The average molecular weight is 107 g/mol. The van der Waals surface area contributed by atoms with Crippen molar-refractivity contribution in [3.8, 4) is 0 Å². The summed E-state index contributed by atoms with van der Waals surface area (Å²) < 4.78 is 14.1. The van der Waals surface area contributed by atoms with Crippen molar-refractivity contribution in [1.82, 2.24) is 0 Å². The van der Waals surface area contributed by atoms with Crippen molar-refractivity contribution in [3.05, 3.63) is 0 Å². The van der Waals surface area contributed by atoms with E-state index in [-0.39, 0.29) is 0 Å². The lowest BCUT2D eigenvalue weighted by atomic mass is 10.9. The van der Waals surface area contributed by atoms with Crippen LogP contribution >= 0.6 is 0 Å². The Morgan fingerprint density at radius 3 is 2.67 bits per heavy atom. The van der Waals surface area contributed by atoms with Gasteiger partial charge in [0.05, 0.1) is 0 Å². The van der Waals surface area contributed by atoms with Gasteiger partial charge in [-0.05, 0) is 0 Å². The smallest absolute Gasteiger partial charge is 0.379 e. The van der Waals surface area contributed by atoms with E-state index < -0.39 is 0 Å². The van der Waals surface area contributed by atoms with E-state index in [4.69, 9.17) is 0 Å². The third-order valence-corrected chi connectivity index (χ3v) is 0.704. The SMILES string of the molecule is COCC[S+]=O. The van der Waals surface area contributed by atoms with Crippen molar-refractivity contribution in [2.24, 2.45) is 0 Å². The molecule has 0 aromatic heterocycles. The Bertz CT molecular complexity index is 37.8. The highest BCUT2D eigenvalue weighted by Crippen LogP contribution is 1.62. The predicted octanol–water partition coefficient (Wildman–Crippen LogP) is 0.0609. The standard InChI is InChI=1S/C3H7O2S/c1-5-2-3-6-4/h2-3H2,1H3/q+1. The van der Waals surface area contributed by atoms with Crippen LogP contribution in [0.4, 0.5) is 0 Å². The molecule has 6 heavy (non-hydrogen) atoms. The van der Waals surface area contributed by atoms with E-state index in [0.29, 0.717) is 24.0 Å². The van der Waals surface area contributed by atoms with Crippen LogP contribution in [-0.4, -0.2) is 19.5 Å². The van der Waals surface area contributed by atoms with Crippen molar-refractivity contribution >= 4 is 11.7 Å². The highest BCUT2D eigenvalue weighted by atomic mass is 32.1. The molecule has 0 spiro atoms. The predicted molar refractivity (Wildman–Crippen MR) is 24.8 cm³/mol. The molecule has 0 unspecified atom stereocenters. The fourth-order valence-electron chi connectivity index (χ4n) is 0.117. The first-order valence-corrected chi connectivity index (χ1v) is 2.56. The zero-order chi connectivity index (χ0) is 4.83. The monoisotopic (exact) mass is 107 g/mol. The fourth-order valence-corrected chi connectivity index (χ4v) is 0.352. The van der Waals surface area contributed by atoms with Crippen LogP contribution in [0.2, 0.25) is 0 Å². The van der Waals surface area contributed by atoms with Gasteiger partial charge in [0.15, 0.2) is 0 Å². The lowest BCUT2D eigenvalue weighted by Crippen LogP contribution is -1.91. The van der Waals surface area contributed by atoms with Gasteiger partial charge < -0.3 is 4.74 Å². The van der Waals surface area contributed by atoms with Crippen LogP contribution in [0, 0.1) is 0 Å². The summed E-state index contributed by atoms with van der Waals surface area (Å²) in [6.07, 6.45) is 0. The van der Waals surface area contributed by atoms with Gasteiger partial charge in [-0.2, -0.15) is 0 Å². The van der Waals surface area contributed by atoms with Crippen molar-refractivity contribution in [1.29, 1.82) is 0 Å². The van der Waals surface area contributed by atoms with E-state index in [2.05, 4.69) is 4.74 Å². The van der Waals surface area contributed by atoms with Crippen molar-refractivity contribution < 1.29 is 8.95 Å². The summed E-state index contributed by atoms with van der Waals surface area (Å²) >= 11 is 0.551. The van der Waals surface area contributed by atoms with Crippen LogP contribution in [-0.2, 0) is 20.6 Å². The summed E-state index contributed by atoms with van der Waals surface area (Å²) in [5.41, 5.74) is 0. The molecule has 0 amide bonds. The third kappa shape index (κ3) is 3.98. The van der Waals surface area contributed by atoms with Gasteiger partial charge >= 0.3 is 11.7 Å². The largest absolute Gasteiger partial charge is 0.461 e. The van der Waals surface area contributed by atoms with Crippen molar-refractivity contribution in [2.75, 3.05) is 19.5 Å². The molecule has 0 radical (unpaired) electrons. The second-order valence-corrected chi connectivity index (χ2v) is 1.46. The minimum Gasteiger partial charge on any atom is -0.379 e. The Morgan fingerprint density at radius 2 is 2.50 bits per heavy atom. The molecule has 0 heterocycles. The maximum absolute atomic E-state index is 9.53. The summed E-state index contributed by atoms with van der Waals surface area (Å²) in [5, 5.41) is 0. The summed E-state index contributed by atoms with van der Waals surface area (Å²) in [6.45, 7) is 0.564. The Morgan fingerprint density at radius 1 is 1.83 bits per heavy atom. The van der Waals surface area contributed by atoms with Crippen LogP contribution in [0.3, 0.4) is 0 Å². The van der Waals surface area contributed by atoms with E-state index in [9.17, 15) is 4.21 Å². The lowest BCUT2D eigenvalue weighted by Gasteiger charge is -1.76. The normalized spacial score (nSPS) is 8.17. The quantitative estimate of drug-likeness (QED) is 0.376. The van der Waals surface area contributed by atoms with Gasteiger partial charge in [0.2, 0.25) is 0 Å². The number of methoxy groups -OCH3 is 1. The van der Waals surface area contributed by atoms with Gasteiger partial charge in [-0.15, -0.1) is 0 Å². The maximum Gasteiger partial charge on any atom is 0.461 e. The number of hydrogen-bond acceptors (Lipinski definition) is 2. The number of hydrogen-bond donors (Lipinski definition) is 0. The lowest BCUT2D eigenvalue weighted by molar-refractivity contribution is 0.218. The minimum absolute atomic E-state index is 0.551. The molecule has 0 bridgehead atoms. The molecule has 0 aromatic carbocycles. The summed E-state index contributed by atoms with van der Waals surface area (Å²) in [5.74, 6) is 0.552. The van der Waals surface area contributed by atoms with Crippen molar-refractivity contribution in [2.45, 2.75) is 0 Å². The van der Waals surface area contributed by atoms with Gasteiger partial charge in [0.1, 0.15) is 6.61 Å². The molecule has 0 atom stereocenters. The van der Waals surface area contributed by atoms with E-state index in [0.717, 1.165) is 0 Å². The molecule has 3 heteroatoms. The Hall–Kier alpha value is -0.0200. The highest BCUT2D eigenvalue weighted by molar-refractivity contribution is 7.65. The van der Waals surface area contributed by atoms with Gasteiger partial charge in [0.25, 0.3) is 5.75 Å². The Balaban J connectivity index is 2.49. The van der Waals surface area contributed by atoms with Gasteiger partial charge in [-0.3, -0.25) is 0 Å². The highest BCUT2D eigenvalue weighted by Gasteiger charge is 1.91. The Kier molecular flexibility index (Phi) is 4.96. The number of rotatable bonds is 3. The van der Waals surface area contributed by atoms with Crippen LogP contribution < -0.4 is 0 Å². The van der Waals surface area contributed by atoms with Crippen LogP contribution in [0.1, 0.15) is 0 Å². The first-order chi connectivity index (χ1) is 2.91. The molecule has 0 aliphatic heterocycles. The van der Waals surface area contributed by atoms with E-state index in [1.807, 2.05) is 0 Å². The molecule has 0 saturated heterocycles. The average Bonchev–Trinajstić information content (AvgIpc) is 1.61. The van der Waals surface area contributed by atoms with E-state index >= 15 is 0 Å². The molecule has 0 aliphatic carbocycles. The first kappa shape index (κ1) is 5.98. The summed E-state index contributed by atoms with van der Waals surface area (Å²) in [4.78, 5) is 0. The maximum atomic E-state index is 9.53. The molecule has 0 rings (SSSR count). The molecule has 36 valence electrons. The second-order valence-electron chi connectivity index (χ2n) is 0.815. The summed E-state index contributed by atoms with van der Waals surface area (Å²) in [6, 6.07) is 0. The third-order valence-electron chi connectivity index (χ3n) is 0.371. The van der Waals surface area contributed by atoms with Gasteiger partial charge in [0, 0.05) is 11.3 Å². The molecule has 2 nitrogen and oxygen atoms in total. The Labute approximate surface area is 41.0 Å². The molecule has 0 aliphatic rings. The molecule has 0 aromatic rings. The molecular formula is C3H7O2S+. The summed E-state index contributed by atoms with van der Waals surface area (Å²) in [7, 11) is 1.58. The first-order valence-electron chi connectivity index (χ1n) is 1.65. The molecule has 0 fully saturated rings. The van der Waals surface area contributed by atoms with Crippen LogP contribution in [0.5, 0.6) is 0 Å². The molecule has 0 saturated carbocycles. The van der Waals surface area contributed by atoms with Crippen LogP contribution in [0.25, 0.3) is 0 Å².